The smallest absolute Gasteiger partial charge is 0.338 e. The maximum atomic E-state index is 13.4. The van der Waals surface area contributed by atoms with Gasteiger partial charge in [-0.2, -0.15) is 0 Å². The van der Waals surface area contributed by atoms with Crippen molar-refractivity contribution in [3.8, 4) is 11.1 Å². The van der Waals surface area contributed by atoms with Crippen LogP contribution in [0, 0.1) is 0 Å². The number of carbonyl (C=O) groups is 3. The molecule has 0 saturated carbocycles. The van der Waals surface area contributed by atoms with Crippen LogP contribution in [-0.4, -0.2) is 62.1 Å². The molecule has 6 rings (SSSR count). The molecule has 0 aromatic heterocycles. The van der Waals surface area contributed by atoms with Crippen molar-refractivity contribution in [1.82, 2.24) is 4.90 Å². The molecule has 4 aromatic carbocycles. The third kappa shape index (κ3) is 4.31. The second-order valence-corrected chi connectivity index (χ2v) is 9.30. The number of morpholine rings is 1. The van der Waals surface area contributed by atoms with Crippen molar-refractivity contribution in [1.29, 1.82) is 0 Å². The highest BCUT2D eigenvalue weighted by Crippen LogP contribution is 2.36. The van der Waals surface area contributed by atoms with E-state index >= 15 is 0 Å². The van der Waals surface area contributed by atoms with E-state index < -0.39 is 5.97 Å². The van der Waals surface area contributed by atoms with Crippen LogP contribution in [0.3, 0.4) is 0 Å². The molecule has 2 amide bonds. The molecule has 2 heterocycles. The predicted octanol–water partition coefficient (Wildman–Crippen LogP) is 4.80. The Hall–Kier alpha value is -4.49. The van der Waals surface area contributed by atoms with E-state index in [1.807, 2.05) is 60.7 Å². The van der Waals surface area contributed by atoms with E-state index in [-0.39, 0.29) is 25.0 Å². The molecule has 2 aliphatic rings. The maximum absolute atomic E-state index is 13.4. The second kappa shape index (κ2) is 10.1. The highest BCUT2D eigenvalue weighted by atomic mass is 16.5. The minimum Gasteiger partial charge on any atom is -0.460 e. The Morgan fingerprint density at radius 3 is 2.18 bits per heavy atom. The number of hydrogen-bond donors (Lipinski definition) is 0. The molecule has 190 valence electrons. The van der Waals surface area contributed by atoms with Gasteiger partial charge in [-0.3, -0.25) is 14.5 Å². The molecule has 4 aromatic rings. The SMILES string of the molecule is O=C(OCCN1C(=O)c2cccc3c(N4CCOCC4)ccc(c23)C1=O)c1ccc(-c2ccccc2)cc1. The van der Waals surface area contributed by atoms with E-state index in [9.17, 15) is 14.4 Å². The number of anilines is 1. The van der Waals surface area contributed by atoms with Crippen LogP contribution in [0.1, 0.15) is 31.1 Å². The van der Waals surface area contributed by atoms with Gasteiger partial charge in [0.25, 0.3) is 11.8 Å². The van der Waals surface area contributed by atoms with Gasteiger partial charge in [0.2, 0.25) is 0 Å². The molecule has 0 radical (unpaired) electrons. The van der Waals surface area contributed by atoms with Gasteiger partial charge in [-0.05, 0) is 41.5 Å². The van der Waals surface area contributed by atoms with Crippen LogP contribution >= 0.6 is 0 Å². The van der Waals surface area contributed by atoms with E-state index in [0.717, 1.165) is 40.2 Å². The zero-order valence-corrected chi connectivity index (χ0v) is 20.8. The molecule has 2 aliphatic heterocycles. The molecule has 7 nitrogen and oxygen atoms in total. The first-order valence-electron chi connectivity index (χ1n) is 12.7. The molecule has 1 fully saturated rings. The van der Waals surface area contributed by atoms with Crippen LogP contribution in [0.25, 0.3) is 21.9 Å². The fourth-order valence-corrected chi connectivity index (χ4v) is 5.16. The summed E-state index contributed by atoms with van der Waals surface area (Å²) >= 11 is 0. The van der Waals surface area contributed by atoms with Gasteiger partial charge in [0.1, 0.15) is 6.61 Å². The molecule has 0 atom stereocenters. The Bertz CT molecular complexity index is 1500. The average molecular weight is 507 g/mol. The molecule has 0 unspecified atom stereocenters. The first-order valence-corrected chi connectivity index (χ1v) is 12.7. The number of imide groups is 1. The minimum absolute atomic E-state index is 0.0213. The summed E-state index contributed by atoms with van der Waals surface area (Å²) in [6.45, 7) is 2.69. The number of nitrogens with zero attached hydrogens (tertiary/aromatic N) is 2. The lowest BCUT2D eigenvalue weighted by Gasteiger charge is -2.32. The minimum atomic E-state index is -0.501. The molecule has 1 saturated heterocycles. The van der Waals surface area contributed by atoms with E-state index in [4.69, 9.17) is 9.47 Å². The quantitative estimate of drug-likeness (QED) is 0.276. The van der Waals surface area contributed by atoms with Gasteiger partial charge >= 0.3 is 5.97 Å². The van der Waals surface area contributed by atoms with Crippen LogP contribution in [-0.2, 0) is 9.47 Å². The van der Waals surface area contributed by atoms with Crippen LogP contribution in [0.5, 0.6) is 0 Å². The lowest BCUT2D eigenvalue weighted by molar-refractivity contribution is 0.0405. The molecule has 0 N–H and O–H groups in total. The summed E-state index contributed by atoms with van der Waals surface area (Å²) in [7, 11) is 0. The molecular formula is C31H26N2O5. The predicted molar refractivity (Wildman–Crippen MR) is 145 cm³/mol. The van der Waals surface area contributed by atoms with Crippen molar-refractivity contribution >= 4 is 34.2 Å². The van der Waals surface area contributed by atoms with E-state index in [2.05, 4.69) is 4.90 Å². The summed E-state index contributed by atoms with van der Waals surface area (Å²) in [6.07, 6.45) is 0. The summed E-state index contributed by atoms with van der Waals surface area (Å²) in [5.41, 5.74) is 4.42. The van der Waals surface area contributed by atoms with Crippen molar-refractivity contribution < 1.29 is 23.9 Å². The number of esters is 1. The van der Waals surface area contributed by atoms with Gasteiger partial charge in [0.15, 0.2) is 0 Å². The molecule has 38 heavy (non-hydrogen) atoms. The Morgan fingerprint density at radius 2 is 1.45 bits per heavy atom. The number of benzene rings is 4. The third-order valence-electron chi connectivity index (χ3n) is 7.10. The maximum Gasteiger partial charge on any atom is 0.338 e. The van der Waals surface area contributed by atoms with Crippen molar-refractivity contribution in [2.75, 3.05) is 44.4 Å². The van der Waals surface area contributed by atoms with Gasteiger partial charge in [0, 0.05) is 40.7 Å². The van der Waals surface area contributed by atoms with Crippen LogP contribution in [0.15, 0.2) is 84.9 Å². The van der Waals surface area contributed by atoms with Crippen molar-refractivity contribution in [3.05, 3.63) is 102 Å². The first-order chi connectivity index (χ1) is 18.6. The van der Waals surface area contributed by atoms with Crippen LogP contribution in [0.2, 0.25) is 0 Å². The van der Waals surface area contributed by atoms with E-state index in [0.29, 0.717) is 35.3 Å². The zero-order valence-electron chi connectivity index (χ0n) is 20.8. The van der Waals surface area contributed by atoms with E-state index in [1.165, 1.54) is 0 Å². The van der Waals surface area contributed by atoms with Gasteiger partial charge in [0.05, 0.1) is 25.3 Å². The summed E-state index contributed by atoms with van der Waals surface area (Å²) in [6, 6.07) is 26.3. The Morgan fingerprint density at radius 1 is 0.763 bits per heavy atom. The average Bonchev–Trinajstić information content (AvgIpc) is 2.98. The second-order valence-electron chi connectivity index (χ2n) is 9.30. The standard InChI is InChI=1S/C31H26N2O5/c34-29-25-8-4-7-24-27(32-15-18-37-19-16-32)14-13-26(28(24)25)30(35)33(29)17-20-38-31(36)23-11-9-22(10-12-23)21-5-2-1-3-6-21/h1-14H,15-20H2. The molecule has 0 spiro atoms. The highest BCUT2D eigenvalue weighted by Gasteiger charge is 2.33. The number of ether oxygens (including phenoxy) is 2. The summed E-state index contributed by atoms with van der Waals surface area (Å²) < 4.78 is 10.9. The van der Waals surface area contributed by atoms with Crippen LogP contribution in [0.4, 0.5) is 5.69 Å². The first kappa shape index (κ1) is 23.9. The Kier molecular flexibility index (Phi) is 6.35. The summed E-state index contributed by atoms with van der Waals surface area (Å²) in [4.78, 5) is 42.7. The van der Waals surface area contributed by atoms with Crippen molar-refractivity contribution in [2.45, 2.75) is 0 Å². The summed E-state index contributed by atoms with van der Waals surface area (Å²) in [5, 5.41) is 1.56. The zero-order chi connectivity index (χ0) is 26.1. The number of rotatable bonds is 6. The number of amides is 2. The lowest BCUT2D eigenvalue weighted by Crippen LogP contribution is -2.42. The van der Waals surface area contributed by atoms with Gasteiger partial charge in [-0.25, -0.2) is 4.79 Å². The largest absolute Gasteiger partial charge is 0.460 e. The highest BCUT2D eigenvalue weighted by molar-refractivity contribution is 6.26. The lowest BCUT2D eigenvalue weighted by atomic mass is 9.92. The van der Waals surface area contributed by atoms with E-state index in [1.54, 1.807) is 24.3 Å². The van der Waals surface area contributed by atoms with Gasteiger partial charge in [-0.1, -0.05) is 54.6 Å². The molecule has 7 heteroatoms. The fourth-order valence-electron chi connectivity index (χ4n) is 5.16. The van der Waals surface area contributed by atoms with Gasteiger partial charge < -0.3 is 14.4 Å². The Labute approximate surface area is 220 Å². The van der Waals surface area contributed by atoms with Gasteiger partial charge in [-0.15, -0.1) is 0 Å². The normalized spacial score (nSPS) is 15.2. The summed E-state index contributed by atoms with van der Waals surface area (Å²) in [5.74, 6) is -1.26. The number of carbonyl (C=O) groups excluding carboxylic acids is 3. The third-order valence-corrected chi connectivity index (χ3v) is 7.10. The van der Waals surface area contributed by atoms with Crippen molar-refractivity contribution in [2.24, 2.45) is 0 Å². The number of hydrogen-bond acceptors (Lipinski definition) is 6. The van der Waals surface area contributed by atoms with Crippen molar-refractivity contribution in [3.63, 3.8) is 0 Å². The Balaban J connectivity index is 1.16. The monoisotopic (exact) mass is 506 g/mol. The topological polar surface area (TPSA) is 76.2 Å². The molecule has 0 aliphatic carbocycles. The fraction of sp³-hybridized carbons (Fsp3) is 0.194. The molecular weight excluding hydrogens is 480 g/mol. The van der Waals surface area contributed by atoms with Crippen LogP contribution < -0.4 is 4.90 Å². The molecule has 0 bridgehead atoms.